The number of aryl methyl sites for hydroxylation is 1. The molecule has 0 atom stereocenters. The van der Waals surface area contributed by atoms with Crippen molar-refractivity contribution in [1.82, 2.24) is 5.32 Å². The predicted octanol–water partition coefficient (Wildman–Crippen LogP) is 4.28. The van der Waals surface area contributed by atoms with E-state index in [0.29, 0.717) is 23.5 Å². The maximum atomic E-state index is 13.1. The molecule has 1 aliphatic rings. The minimum Gasteiger partial charge on any atom is -0.497 e. The van der Waals surface area contributed by atoms with Crippen molar-refractivity contribution in [2.75, 3.05) is 18.6 Å². The minimum absolute atomic E-state index is 0.00899. The van der Waals surface area contributed by atoms with E-state index in [1.807, 2.05) is 58.8 Å². The third kappa shape index (κ3) is 4.17. The Labute approximate surface area is 173 Å². The van der Waals surface area contributed by atoms with Gasteiger partial charge in [0.2, 0.25) is 0 Å². The Balaban J connectivity index is 1.44. The number of hydrogen-bond acceptors (Lipinski definition) is 4. The van der Waals surface area contributed by atoms with E-state index < -0.39 is 0 Å². The molecule has 1 aliphatic heterocycles. The predicted molar refractivity (Wildman–Crippen MR) is 115 cm³/mol. The number of anilines is 1. The molecule has 0 aliphatic carbocycles. The highest BCUT2D eigenvalue weighted by atomic mass is 32.1. The Hall–Kier alpha value is -3.12. The van der Waals surface area contributed by atoms with Crippen LogP contribution in [0.3, 0.4) is 0 Å². The van der Waals surface area contributed by atoms with Crippen LogP contribution in [0.5, 0.6) is 5.75 Å². The van der Waals surface area contributed by atoms with Crippen LogP contribution in [0.2, 0.25) is 0 Å². The summed E-state index contributed by atoms with van der Waals surface area (Å²) in [7, 11) is 1.65. The van der Waals surface area contributed by atoms with Crippen molar-refractivity contribution in [2.24, 2.45) is 0 Å². The zero-order valence-electron chi connectivity index (χ0n) is 16.2. The highest BCUT2D eigenvalue weighted by Gasteiger charge is 2.24. The third-order valence-electron chi connectivity index (χ3n) is 5.05. The first-order chi connectivity index (χ1) is 14.2. The lowest BCUT2D eigenvalue weighted by molar-refractivity contribution is 0.0952. The second-order valence-electron chi connectivity index (χ2n) is 6.91. The van der Waals surface area contributed by atoms with E-state index in [1.165, 1.54) is 11.3 Å². The van der Waals surface area contributed by atoms with Crippen LogP contribution in [-0.2, 0) is 13.0 Å². The molecule has 148 valence electrons. The number of hydrogen-bond donors (Lipinski definition) is 1. The second-order valence-corrected chi connectivity index (χ2v) is 7.86. The zero-order chi connectivity index (χ0) is 20.2. The number of fused-ring (bicyclic) bond motifs is 1. The van der Waals surface area contributed by atoms with Gasteiger partial charge in [-0.25, -0.2) is 0 Å². The summed E-state index contributed by atoms with van der Waals surface area (Å²) < 4.78 is 5.30. The fraction of sp³-hybridized carbons (Fsp3) is 0.217. The summed E-state index contributed by atoms with van der Waals surface area (Å²) in [4.78, 5) is 27.7. The molecule has 1 N–H and O–H groups in total. The molecule has 2 aromatic carbocycles. The number of nitrogens with one attached hydrogen (secondary N) is 1. The summed E-state index contributed by atoms with van der Waals surface area (Å²) in [6.07, 6.45) is 1.87. The summed E-state index contributed by atoms with van der Waals surface area (Å²) in [6, 6.07) is 16.9. The summed E-state index contributed by atoms with van der Waals surface area (Å²) in [5.41, 5.74) is 3.68. The van der Waals surface area contributed by atoms with Crippen LogP contribution in [0.15, 0.2) is 60.0 Å². The van der Waals surface area contributed by atoms with Crippen molar-refractivity contribution in [3.63, 3.8) is 0 Å². The van der Waals surface area contributed by atoms with E-state index in [9.17, 15) is 9.59 Å². The first kappa shape index (κ1) is 19.2. The fourth-order valence-corrected chi connectivity index (χ4v) is 4.15. The summed E-state index contributed by atoms with van der Waals surface area (Å²) in [5.74, 6) is 0.720. The lowest BCUT2D eigenvalue weighted by Crippen LogP contribution is -2.35. The van der Waals surface area contributed by atoms with Crippen molar-refractivity contribution in [3.05, 3.63) is 81.5 Å². The summed E-state index contributed by atoms with van der Waals surface area (Å²) >= 11 is 1.41. The number of amides is 2. The highest BCUT2D eigenvalue weighted by Crippen LogP contribution is 2.31. The van der Waals surface area contributed by atoms with Gasteiger partial charge in [-0.05, 0) is 65.7 Å². The fourth-order valence-electron chi connectivity index (χ4n) is 3.51. The van der Waals surface area contributed by atoms with Crippen LogP contribution in [0.1, 0.15) is 37.6 Å². The number of methoxy groups -OCH3 is 1. The first-order valence-corrected chi connectivity index (χ1v) is 10.4. The molecule has 3 aromatic rings. The molecule has 6 heteroatoms. The topological polar surface area (TPSA) is 58.6 Å². The molecule has 0 saturated carbocycles. The van der Waals surface area contributed by atoms with Crippen molar-refractivity contribution in [1.29, 1.82) is 0 Å². The van der Waals surface area contributed by atoms with Gasteiger partial charge >= 0.3 is 0 Å². The van der Waals surface area contributed by atoms with Gasteiger partial charge in [0.1, 0.15) is 5.75 Å². The van der Waals surface area contributed by atoms with E-state index in [0.717, 1.165) is 35.4 Å². The maximum absolute atomic E-state index is 13.1. The van der Waals surface area contributed by atoms with Gasteiger partial charge < -0.3 is 15.0 Å². The van der Waals surface area contributed by atoms with E-state index in [2.05, 4.69) is 5.32 Å². The maximum Gasteiger partial charge on any atom is 0.261 e. The van der Waals surface area contributed by atoms with Gasteiger partial charge in [0, 0.05) is 24.3 Å². The first-order valence-electron chi connectivity index (χ1n) is 9.55. The van der Waals surface area contributed by atoms with Crippen LogP contribution in [0.4, 0.5) is 5.69 Å². The van der Waals surface area contributed by atoms with Crippen molar-refractivity contribution >= 4 is 28.8 Å². The normalized spacial score (nSPS) is 12.9. The van der Waals surface area contributed by atoms with Gasteiger partial charge in [-0.3, -0.25) is 9.59 Å². The average molecular weight is 407 g/mol. The largest absolute Gasteiger partial charge is 0.497 e. The molecule has 0 unspecified atom stereocenters. The van der Waals surface area contributed by atoms with Gasteiger partial charge in [0.05, 0.1) is 12.0 Å². The lowest BCUT2D eigenvalue weighted by Gasteiger charge is -2.30. The standard InChI is InChI=1S/C23H22N2O3S/c1-28-19-10-11-20-18(14-19)4-2-12-25(20)23(27)17-8-6-16(7-9-17)15-24-22(26)21-5-3-13-29-21/h3,5-11,13-14H,2,4,12,15H2,1H3,(H,24,26). The summed E-state index contributed by atoms with van der Waals surface area (Å²) in [5, 5.41) is 4.78. The van der Waals surface area contributed by atoms with E-state index >= 15 is 0 Å². The number of ether oxygens (including phenoxy) is 1. The Morgan fingerprint density at radius 2 is 1.97 bits per heavy atom. The lowest BCUT2D eigenvalue weighted by atomic mass is 10.00. The number of benzene rings is 2. The smallest absolute Gasteiger partial charge is 0.261 e. The van der Waals surface area contributed by atoms with E-state index in [-0.39, 0.29) is 11.8 Å². The molecular formula is C23H22N2O3S. The average Bonchev–Trinajstić information content (AvgIpc) is 3.31. The molecule has 0 saturated heterocycles. The Kier molecular flexibility index (Phi) is 5.62. The Bertz CT molecular complexity index is 1010. The van der Waals surface area contributed by atoms with E-state index in [4.69, 9.17) is 4.74 Å². The van der Waals surface area contributed by atoms with E-state index in [1.54, 1.807) is 13.2 Å². The van der Waals surface area contributed by atoms with Crippen molar-refractivity contribution in [3.8, 4) is 5.75 Å². The molecule has 0 radical (unpaired) electrons. The number of thiophene rings is 1. The minimum atomic E-state index is -0.0829. The number of nitrogens with zero attached hydrogens (tertiary/aromatic N) is 1. The van der Waals surface area contributed by atoms with Gasteiger partial charge in [-0.15, -0.1) is 11.3 Å². The number of rotatable bonds is 5. The highest BCUT2D eigenvalue weighted by molar-refractivity contribution is 7.12. The number of carbonyl (C=O) groups is 2. The second kappa shape index (κ2) is 8.49. The van der Waals surface area contributed by atoms with Gasteiger partial charge in [0.25, 0.3) is 11.8 Å². The number of carbonyl (C=O) groups excluding carboxylic acids is 2. The van der Waals surface area contributed by atoms with Gasteiger partial charge in [0.15, 0.2) is 0 Å². The van der Waals surface area contributed by atoms with Gasteiger partial charge in [-0.2, -0.15) is 0 Å². The Morgan fingerprint density at radius 3 is 2.69 bits per heavy atom. The molecular weight excluding hydrogens is 384 g/mol. The van der Waals surface area contributed by atoms with Crippen LogP contribution >= 0.6 is 11.3 Å². The van der Waals surface area contributed by atoms with Crippen LogP contribution in [-0.4, -0.2) is 25.5 Å². The summed E-state index contributed by atoms with van der Waals surface area (Å²) in [6.45, 7) is 1.13. The monoisotopic (exact) mass is 406 g/mol. The Morgan fingerprint density at radius 1 is 1.14 bits per heavy atom. The molecule has 29 heavy (non-hydrogen) atoms. The van der Waals surface area contributed by atoms with Crippen molar-refractivity contribution < 1.29 is 14.3 Å². The molecule has 0 spiro atoms. The molecule has 5 nitrogen and oxygen atoms in total. The molecule has 2 amide bonds. The molecule has 4 rings (SSSR count). The van der Waals surface area contributed by atoms with Crippen LogP contribution < -0.4 is 15.0 Å². The van der Waals surface area contributed by atoms with Crippen molar-refractivity contribution in [2.45, 2.75) is 19.4 Å². The molecule has 0 fully saturated rings. The van der Waals surface area contributed by atoms with Crippen LogP contribution in [0.25, 0.3) is 0 Å². The molecule has 2 heterocycles. The van der Waals surface area contributed by atoms with Crippen LogP contribution in [0, 0.1) is 0 Å². The zero-order valence-corrected chi connectivity index (χ0v) is 17.0. The third-order valence-corrected chi connectivity index (χ3v) is 5.92. The molecule has 1 aromatic heterocycles. The quantitative estimate of drug-likeness (QED) is 0.688. The van der Waals surface area contributed by atoms with Gasteiger partial charge in [-0.1, -0.05) is 18.2 Å². The molecule has 0 bridgehead atoms. The SMILES string of the molecule is COc1ccc2c(c1)CCCN2C(=O)c1ccc(CNC(=O)c2cccs2)cc1.